The lowest BCUT2D eigenvalue weighted by atomic mass is 10.1. The summed E-state index contributed by atoms with van der Waals surface area (Å²) in [6.07, 6.45) is 1.14. The fourth-order valence-electron chi connectivity index (χ4n) is 1.82. The van der Waals surface area contributed by atoms with Crippen molar-refractivity contribution in [3.8, 4) is 5.75 Å². The molecular weight excluding hydrogens is 244 g/mol. The van der Waals surface area contributed by atoms with E-state index in [9.17, 15) is 5.11 Å². The summed E-state index contributed by atoms with van der Waals surface area (Å²) in [5.74, 6) is 0.308. The smallest absolute Gasteiger partial charge is 0.123 e. The van der Waals surface area contributed by atoms with Gasteiger partial charge in [0.1, 0.15) is 5.75 Å². The van der Waals surface area contributed by atoms with Gasteiger partial charge in [-0.2, -0.15) is 0 Å². The minimum atomic E-state index is 0.308. The number of phenolic OH excluding ortho intramolecular Hbond substituents is 1. The molecular formula is C19H24O. The van der Waals surface area contributed by atoms with Gasteiger partial charge in [0, 0.05) is 5.56 Å². The highest BCUT2D eigenvalue weighted by Crippen LogP contribution is 2.24. The maximum absolute atomic E-state index is 9.34. The molecule has 0 spiro atoms. The van der Waals surface area contributed by atoms with E-state index in [-0.39, 0.29) is 0 Å². The van der Waals surface area contributed by atoms with Crippen LogP contribution in [-0.2, 0) is 6.42 Å². The summed E-state index contributed by atoms with van der Waals surface area (Å²) in [5.41, 5.74) is 5.63. The van der Waals surface area contributed by atoms with E-state index in [2.05, 4.69) is 44.7 Å². The minimum Gasteiger partial charge on any atom is -0.507 e. The predicted octanol–water partition coefficient (Wildman–Crippen LogP) is 5.29. The van der Waals surface area contributed by atoms with Crippen LogP contribution in [0.5, 0.6) is 5.75 Å². The van der Waals surface area contributed by atoms with Gasteiger partial charge < -0.3 is 5.11 Å². The molecule has 0 saturated heterocycles. The maximum atomic E-state index is 9.34. The number of aromatic hydroxyl groups is 1. The number of hydrogen-bond acceptors (Lipinski definition) is 1. The summed E-state index contributed by atoms with van der Waals surface area (Å²) in [4.78, 5) is 0. The monoisotopic (exact) mass is 268 g/mol. The molecule has 1 heteroatoms. The van der Waals surface area contributed by atoms with Gasteiger partial charge in [0.15, 0.2) is 0 Å². The van der Waals surface area contributed by atoms with Crippen LogP contribution < -0.4 is 0 Å². The normalized spacial score (nSPS) is 9.60. The summed E-state index contributed by atoms with van der Waals surface area (Å²) in [7, 11) is 0. The molecule has 0 aliphatic carbocycles. The molecule has 2 aromatic rings. The molecule has 0 unspecified atom stereocenters. The van der Waals surface area contributed by atoms with Crippen molar-refractivity contribution >= 4 is 5.57 Å². The number of aryl methyl sites for hydroxylation is 3. The zero-order valence-electron chi connectivity index (χ0n) is 12.9. The Balaban J connectivity index is 0.000000204. The Morgan fingerprint density at radius 2 is 1.55 bits per heavy atom. The lowest BCUT2D eigenvalue weighted by molar-refractivity contribution is 0.473. The van der Waals surface area contributed by atoms with E-state index in [0.29, 0.717) is 5.75 Å². The predicted molar refractivity (Wildman–Crippen MR) is 88.1 cm³/mol. The van der Waals surface area contributed by atoms with E-state index >= 15 is 0 Å². The van der Waals surface area contributed by atoms with Gasteiger partial charge >= 0.3 is 0 Å². The quantitative estimate of drug-likeness (QED) is 0.784. The molecule has 20 heavy (non-hydrogen) atoms. The molecule has 1 N–H and O–H groups in total. The highest BCUT2D eigenvalue weighted by molar-refractivity contribution is 5.67. The molecule has 0 fully saturated rings. The molecule has 2 rings (SSSR count). The Hall–Kier alpha value is -2.02. The Bertz CT molecular complexity index is 565. The molecule has 0 amide bonds. The molecule has 106 valence electrons. The van der Waals surface area contributed by atoms with E-state index in [1.54, 1.807) is 6.07 Å². The number of phenols is 1. The summed E-state index contributed by atoms with van der Waals surface area (Å²) in [5, 5.41) is 9.34. The first-order valence-electron chi connectivity index (χ1n) is 6.95. The third-order valence-electron chi connectivity index (χ3n) is 3.14. The maximum Gasteiger partial charge on any atom is 0.123 e. The van der Waals surface area contributed by atoms with Crippen LogP contribution in [0.3, 0.4) is 0 Å². The topological polar surface area (TPSA) is 20.2 Å². The number of rotatable bonds is 2. The Morgan fingerprint density at radius 3 is 2.00 bits per heavy atom. The zero-order valence-corrected chi connectivity index (χ0v) is 12.9. The average Bonchev–Trinajstić information content (AvgIpc) is 2.43. The third-order valence-corrected chi connectivity index (χ3v) is 3.14. The van der Waals surface area contributed by atoms with Crippen LogP contribution in [-0.4, -0.2) is 5.11 Å². The van der Waals surface area contributed by atoms with Crippen molar-refractivity contribution in [2.75, 3.05) is 0 Å². The van der Waals surface area contributed by atoms with Crippen molar-refractivity contribution < 1.29 is 5.11 Å². The van der Waals surface area contributed by atoms with Gasteiger partial charge in [-0.3, -0.25) is 0 Å². The Morgan fingerprint density at radius 1 is 1.00 bits per heavy atom. The molecule has 0 heterocycles. The van der Waals surface area contributed by atoms with Crippen LogP contribution in [0.15, 0.2) is 49.0 Å². The van der Waals surface area contributed by atoms with Gasteiger partial charge in [-0.1, -0.05) is 55.0 Å². The van der Waals surface area contributed by atoms with Crippen LogP contribution in [0, 0.1) is 13.8 Å². The lowest BCUT2D eigenvalue weighted by Gasteiger charge is -2.03. The molecule has 1 nitrogen and oxygen atoms in total. The number of hydrogen-bond donors (Lipinski definition) is 1. The molecule has 0 aliphatic rings. The van der Waals surface area contributed by atoms with E-state index in [0.717, 1.165) is 23.1 Å². The largest absolute Gasteiger partial charge is 0.507 e. The lowest BCUT2D eigenvalue weighted by Crippen LogP contribution is -1.80. The van der Waals surface area contributed by atoms with Gasteiger partial charge in [0.25, 0.3) is 0 Å². The van der Waals surface area contributed by atoms with Crippen molar-refractivity contribution in [2.24, 2.45) is 0 Å². The zero-order chi connectivity index (χ0) is 15.1. The molecule has 0 bridgehead atoms. The van der Waals surface area contributed by atoms with E-state index in [1.165, 1.54) is 11.1 Å². The van der Waals surface area contributed by atoms with Gasteiger partial charge in [-0.05, 0) is 50.5 Å². The molecule has 0 aromatic heterocycles. The molecule has 0 aliphatic heterocycles. The summed E-state index contributed by atoms with van der Waals surface area (Å²) in [6.45, 7) is 11.9. The van der Waals surface area contributed by atoms with Crippen molar-refractivity contribution in [1.82, 2.24) is 0 Å². The third kappa shape index (κ3) is 4.93. The first-order chi connectivity index (χ1) is 9.43. The van der Waals surface area contributed by atoms with Crippen LogP contribution in [0.25, 0.3) is 5.57 Å². The second-order valence-electron chi connectivity index (χ2n) is 5.14. The van der Waals surface area contributed by atoms with Crippen molar-refractivity contribution in [1.29, 1.82) is 0 Å². The Kier molecular flexibility index (Phi) is 6.05. The van der Waals surface area contributed by atoms with Gasteiger partial charge in [-0.15, -0.1) is 0 Å². The first-order valence-corrected chi connectivity index (χ1v) is 6.95. The second kappa shape index (κ2) is 7.54. The van der Waals surface area contributed by atoms with Crippen LogP contribution in [0.1, 0.15) is 36.1 Å². The van der Waals surface area contributed by atoms with Gasteiger partial charge in [0.05, 0.1) is 0 Å². The molecule has 0 atom stereocenters. The van der Waals surface area contributed by atoms with Crippen LogP contribution in [0.2, 0.25) is 0 Å². The summed E-state index contributed by atoms with van der Waals surface area (Å²) < 4.78 is 0. The Labute approximate surface area is 122 Å². The van der Waals surface area contributed by atoms with Gasteiger partial charge in [-0.25, -0.2) is 0 Å². The van der Waals surface area contributed by atoms with E-state index in [4.69, 9.17) is 0 Å². The summed E-state index contributed by atoms with van der Waals surface area (Å²) >= 11 is 0. The highest BCUT2D eigenvalue weighted by Gasteiger charge is 1.99. The number of allylic oxidation sites excluding steroid dienone is 1. The molecule has 0 radical (unpaired) electrons. The van der Waals surface area contributed by atoms with Crippen molar-refractivity contribution in [3.63, 3.8) is 0 Å². The van der Waals surface area contributed by atoms with E-state index < -0.39 is 0 Å². The fraction of sp³-hybridized carbons (Fsp3) is 0.263. The molecule has 0 saturated carbocycles. The van der Waals surface area contributed by atoms with Crippen molar-refractivity contribution in [3.05, 3.63) is 71.3 Å². The minimum absolute atomic E-state index is 0.308. The molecule has 2 aromatic carbocycles. The van der Waals surface area contributed by atoms with Gasteiger partial charge in [0.2, 0.25) is 0 Å². The SMILES string of the molecule is C=C(C)c1cc(C)ccc1O.CCc1ccc(C)cc1. The average molecular weight is 268 g/mol. The first kappa shape index (κ1) is 16.0. The van der Waals surface area contributed by atoms with Crippen molar-refractivity contribution in [2.45, 2.75) is 34.1 Å². The highest BCUT2D eigenvalue weighted by atomic mass is 16.3. The van der Waals surface area contributed by atoms with Crippen LogP contribution >= 0.6 is 0 Å². The van der Waals surface area contributed by atoms with E-state index in [1.807, 2.05) is 26.0 Å². The van der Waals surface area contributed by atoms with Crippen LogP contribution in [0.4, 0.5) is 0 Å². The summed E-state index contributed by atoms with van der Waals surface area (Å²) in [6, 6.07) is 14.2. The standard InChI is InChI=1S/C10H12O.C9H12/c1-7(2)9-6-8(3)4-5-10(9)11;1-3-9-6-4-8(2)5-7-9/h4-6,11H,1H2,2-3H3;4-7H,3H2,1-2H3. The number of benzene rings is 2. The fourth-order valence-corrected chi connectivity index (χ4v) is 1.82. The second-order valence-corrected chi connectivity index (χ2v) is 5.14.